The maximum absolute atomic E-state index is 4.49. The minimum atomic E-state index is 0. The lowest BCUT2D eigenvalue weighted by Crippen LogP contribution is -2.45. The first-order chi connectivity index (χ1) is 11.7. The van der Waals surface area contributed by atoms with Crippen molar-refractivity contribution in [3.8, 4) is 0 Å². The third-order valence-electron chi connectivity index (χ3n) is 4.46. The highest BCUT2D eigenvalue weighted by atomic mass is 127. The van der Waals surface area contributed by atoms with Gasteiger partial charge in [0.05, 0.1) is 10.7 Å². The number of aliphatic imine (C=N–C) groups is 1. The van der Waals surface area contributed by atoms with Gasteiger partial charge in [-0.25, -0.2) is 9.97 Å². The quantitative estimate of drug-likeness (QED) is 0.404. The van der Waals surface area contributed by atoms with Crippen molar-refractivity contribution in [3.63, 3.8) is 0 Å². The Morgan fingerprint density at radius 3 is 2.72 bits per heavy atom. The lowest BCUT2D eigenvalue weighted by atomic mass is 9.96. The summed E-state index contributed by atoms with van der Waals surface area (Å²) in [6, 6.07) is 0. The van der Waals surface area contributed by atoms with E-state index in [4.69, 9.17) is 0 Å². The van der Waals surface area contributed by atoms with E-state index in [-0.39, 0.29) is 24.0 Å². The van der Waals surface area contributed by atoms with Crippen LogP contribution in [0.1, 0.15) is 40.2 Å². The highest BCUT2D eigenvalue weighted by Gasteiger charge is 2.24. The molecule has 2 aromatic heterocycles. The molecular formula is C16H26IN7S. The van der Waals surface area contributed by atoms with Crippen LogP contribution in [0.2, 0.25) is 0 Å². The first-order valence-electron chi connectivity index (χ1n) is 8.41. The first kappa shape index (κ1) is 20.1. The Morgan fingerprint density at radius 1 is 1.40 bits per heavy atom. The van der Waals surface area contributed by atoms with Crippen LogP contribution >= 0.6 is 35.3 Å². The third-order valence-corrected chi connectivity index (χ3v) is 5.59. The molecule has 1 fully saturated rings. The zero-order valence-corrected chi connectivity index (χ0v) is 18.1. The van der Waals surface area contributed by atoms with Crippen molar-refractivity contribution in [1.29, 1.82) is 0 Å². The van der Waals surface area contributed by atoms with Crippen LogP contribution in [0.15, 0.2) is 11.3 Å². The van der Waals surface area contributed by atoms with Gasteiger partial charge in [-0.15, -0.1) is 35.3 Å². The van der Waals surface area contributed by atoms with Crippen LogP contribution in [-0.2, 0) is 6.42 Å². The molecule has 2 N–H and O–H groups in total. The normalized spacial score (nSPS) is 16.0. The molecule has 9 heteroatoms. The molecule has 3 rings (SSSR count). The van der Waals surface area contributed by atoms with Crippen molar-refractivity contribution < 1.29 is 0 Å². The van der Waals surface area contributed by atoms with E-state index in [1.807, 2.05) is 7.05 Å². The molecule has 2 aromatic rings. The Morgan fingerprint density at radius 2 is 2.16 bits per heavy atom. The molecule has 1 aliphatic heterocycles. The summed E-state index contributed by atoms with van der Waals surface area (Å²) >= 11 is 1.79. The van der Waals surface area contributed by atoms with E-state index in [1.54, 1.807) is 17.7 Å². The molecule has 0 radical (unpaired) electrons. The standard InChI is InChI=1S/C16H25N7S.HI/c1-11-14(24-12(2)21-11)4-7-18-16(17-3)23-8-5-13(6-9-23)15-19-10-20-22-15;/h10,13H,4-9H2,1-3H3,(H,17,18)(H,19,20,22);1H. The van der Waals surface area contributed by atoms with Crippen LogP contribution < -0.4 is 5.32 Å². The van der Waals surface area contributed by atoms with Gasteiger partial charge in [-0.05, 0) is 26.7 Å². The smallest absolute Gasteiger partial charge is 0.193 e. The second kappa shape index (κ2) is 9.46. The molecule has 1 aliphatic rings. The van der Waals surface area contributed by atoms with Crippen LogP contribution in [0.4, 0.5) is 0 Å². The van der Waals surface area contributed by atoms with Gasteiger partial charge in [0, 0.05) is 43.9 Å². The van der Waals surface area contributed by atoms with Gasteiger partial charge in [-0.2, -0.15) is 5.10 Å². The summed E-state index contributed by atoms with van der Waals surface area (Å²) in [5.41, 5.74) is 1.15. The summed E-state index contributed by atoms with van der Waals surface area (Å²) in [5.74, 6) is 2.48. The molecule has 3 heterocycles. The van der Waals surface area contributed by atoms with E-state index in [1.165, 1.54) is 4.88 Å². The number of hydrogen-bond donors (Lipinski definition) is 2. The van der Waals surface area contributed by atoms with Crippen molar-refractivity contribution in [3.05, 3.63) is 27.7 Å². The number of hydrogen-bond acceptors (Lipinski definition) is 5. The maximum Gasteiger partial charge on any atom is 0.193 e. The fourth-order valence-corrected chi connectivity index (χ4v) is 4.14. The van der Waals surface area contributed by atoms with Crippen molar-refractivity contribution in [2.24, 2.45) is 4.99 Å². The van der Waals surface area contributed by atoms with Gasteiger partial charge in [0.1, 0.15) is 12.2 Å². The molecule has 1 saturated heterocycles. The number of rotatable bonds is 4. The summed E-state index contributed by atoms with van der Waals surface area (Å²) in [6.07, 6.45) is 4.72. The molecule has 0 aliphatic carbocycles. The predicted molar refractivity (Wildman–Crippen MR) is 112 cm³/mol. The molecule has 25 heavy (non-hydrogen) atoms. The van der Waals surface area contributed by atoms with E-state index in [2.05, 4.69) is 49.2 Å². The summed E-state index contributed by atoms with van der Waals surface area (Å²) in [5, 5.41) is 11.6. The van der Waals surface area contributed by atoms with Crippen molar-refractivity contribution in [2.45, 2.75) is 39.0 Å². The molecule has 0 aromatic carbocycles. The molecule has 0 spiro atoms. The number of H-pyrrole nitrogens is 1. The average molecular weight is 475 g/mol. The number of aromatic amines is 1. The Labute approximate surface area is 169 Å². The molecule has 0 unspecified atom stereocenters. The largest absolute Gasteiger partial charge is 0.356 e. The van der Waals surface area contributed by atoms with E-state index < -0.39 is 0 Å². The first-order valence-corrected chi connectivity index (χ1v) is 9.22. The number of aryl methyl sites for hydroxylation is 2. The van der Waals surface area contributed by atoms with Gasteiger partial charge in [0.25, 0.3) is 0 Å². The number of guanidine groups is 1. The highest BCUT2D eigenvalue weighted by Crippen LogP contribution is 2.25. The Hall–Kier alpha value is -1.23. The number of halogens is 1. The van der Waals surface area contributed by atoms with Crippen LogP contribution in [-0.4, -0.2) is 57.7 Å². The molecule has 0 bridgehead atoms. The monoisotopic (exact) mass is 475 g/mol. The van der Waals surface area contributed by atoms with Crippen molar-refractivity contribution >= 4 is 41.3 Å². The lowest BCUT2D eigenvalue weighted by Gasteiger charge is -2.33. The second-order valence-electron chi connectivity index (χ2n) is 6.10. The molecule has 0 atom stereocenters. The van der Waals surface area contributed by atoms with Crippen LogP contribution in [0, 0.1) is 13.8 Å². The van der Waals surface area contributed by atoms with Gasteiger partial charge < -0.3 is 10.2 Å². The summed E-state index contributed by atoms with van der Waals surface area (Å²) in [6.45, 7) is 7.01. The maximum atomic E-state index is 4.49. The summed E-state index contributed by atoms with van der Waals surface area (Å²) in [7, 11) is 1.85. The van der Waals surface area contributed by atoms with E-state index in [9.17, 15) is 0 Å². The van der Waals surface area contributed by atoms with Gasteiger partial charge >= 0.3 is 0 Å². The fourth-order valence-electron chi connectivity index (χ4n) is 3.20. The Bertz CT molecular complexity index is 675. The van der Waals surface area contributed by atoms with Gasteiger partial charge in [0.15, 0.2) is 5.96 Å². The SMILES string of the molecule is CN=C(NCCc1sc(C)nc1C)N1CCC(c2ncn[nH]2)CC1.I. The minimum absolute atomic E-state index is 0. The number of aromatic nitrogens is 4. The average Bonchev–Trinajstić information content (AvgIpc) is 3.22. The van der Waals surface area contributed by atoms with Crippen molar-refractivity contribution in [1.82, 2.24) is 30.4 Å². The summed E-state index contributed by atoms with van der Waals surface area (Å²) in [4.78, 5) is 16.9. The van der Waals surface area contributed by atoms with Crippen LogP contribution in [0.5, 0.6) is 0 Å². The third kappa shape index (κ3) is 5.13. The Balaban J connectivity index is 0.00000225. The van der Waals surface area contributed by atoms with Crippen LogP contribution in [0.3, 0.4) is 0 Å². The van der Waals surface area contributed by atoms with Gasteiger partial charge in [0.2, 0.25) is 0 Å². The number of likely N-dealkylation sites (tertiary alicyclic amines) is 1. The Kier molecular flexibility index (Phi) is 7.60. The zero-order chi connectivity index (χ0) is 16.9. The zero-order valence-electron chi connectivity index (χ0n) is 14.9. The number of piperidine rings is 1. The minimum Gasteiger partial charge on any atom is -0.356 e. The fraction of sp³-hybridized carbons (Fsp3) is 0.625. The number of nitrogens with one attached hydrogen (secondary N) is 2. The van der Waals surface area contributed by atoms with E-state index >= 15 is 0 Å². The lowest BCUT2D eigenvalue weighted by molar-refractivity contribution is 0.299. The highest BCUT2D eigenvalue weighted by molar-refractivity contribution is 14.0. The molecular weight excluding hydrogens is 449 g/mol. The molecule has 0 amide bonds. The van der Waals surface area contributed by atoms with Gasteiger partial charge in [-0.1, -0.05) is 0 Å². The number of nitrogens with zero attached hydrogens (tertiary/aromatic N) is 5. The van der Waals surface area contributed by atoms with Crippen molar-refractivity contribution in [2.75, 3.05) is 26.7 Å². The summed E-state index contributed by atoms with van der Waals surface area (Å²) < 4.78 is 0. The molecule has 0 saturated carbocycles. The predicted octanol–water partition coefficient (Wildman–Crippen LogP) is 2.49. The van der Waals surface area contributed by atoms with Crippen LogP contribution in [0.25, 0.3) is 0 Å². The van der Waals surface area contributed by atoms with E-state index in [0.717, 1.165) is 61.4 Å². The second-order valence-corrected chi connectivity index (χ2v) is 7.39. The molecule has 138 valence electrons. The molecule has 7 nitrogen and oxygen atoms in total. The number of thiazole rings is 1. The van der Waals surface area contributed by atoms with E-state index in [0.29, 0.717) is 5.92 Å². The topological polar surface area (TPSA) is 82.1 Å². The van der Waals surface area contributed by atoms with Gasteiger partial charge in [-0.3, -0.25) is 10.1 Å².